The van der Waals surface area contributed by atoms with Gasteiger partial charge in [-0.2, -0.15) is 0 Å². The lowest BCUT2D eigenvalue weighted by Crippen LogP contribution is -2.49. The third kappa shape index (κ3) is 9.64. The molecule has 2 aromatic rings. The summed E-state index contributed by atoms with van der Waals surface area (Å²) in [4.78, 5) is 10.6. The molecular formula is C32H55NO6S2Si. The van der Waals surface area contributed by atoms with Crippen molar-refractivity contribution in [2.75, 3.05) is 13.7 Å². The van der Waals surface area contributed by atoms with E-state index in [4.69, 9.17) is 14.3 Å². The van der Waals surface area contributed by atoms with Crippen LogP contribution >= 0.6 is 11.3 Å². The number of nitrogens with two attached hydrogens (primary N) is 1. The number of rotatable bonds is 10. The molecule has 2 rings (SSSR count). The summed E-state index contributed by atoms with van der Waals surface area (Å²) in [7, 11) is -4.36. The van der Waals surface area contributed by atoms with E-state index in [1.165, 1.54) is 25.4 Å². The topological polar surface area (TPSA) is 105 Å². The van der Waals surface area contributed by atoms with Gasteiger partial charge in [0, 0.05) is 17.2 Å². The number of primary sulfonamides is 1. The average molecular weight is 642 g/mol. The van der Waals surface area contributed by atoms with E-state index in [0.29, 0.717) is 12.2 Å². The number of benzene rings is 1. The molecule has 42 heavy (non-hydrogen) atoms. The van der Waals surface area contributed by atoms with E-state index in [9.17, 15) is 13.2 Å². The Morgan fingerprint density at radius 3 is 1.88 bits per heavy atom. The van der Waals surface area contributed by atoms with Gasteiger partial charge in [0.2, 0.25) is 10.0 Å². The Morgan fingerprint density at radius 2 is 1.52 bits per heavy atom. The summed E-state index contributed by atoms with van der Waals surface area (Å²) in [6.45, 7) is 28.0. The summed E-state index contributed by atoms with van der Waals surface area (Å²) in [6, 6.07) is 8.36. The Hall–Kier alpha value is -1.72. The number of ether oxygens (including phenoxy) is 2. The van der Waals surface area contributed by atoms with Crippen molar-refractivity contribution in [2.24, 2.45) is 10.6 Å². The summed E-state index contributed by atoms with van der Waals surface area (Å²) in [6.07, 6.45) is 1.67. The number of hydrogen-bond acceptors (Lipinski definition) is 7. The van der Waals surface area contributed by atoms with Crippen LogP contribution in [0.15, 0.2) is 28.5 Å². The highest BCUT2D eigenvalue weighted by Gasteiger charge is 2.42. The van der Waals surface area contributed by atoms with Crippen molar-refractivity contribution >= 4 is 35.6 Å². The van der Waals surface area contributed by atoms with Gasteiger partial charge in [-0.05, 0) is 79.1 Å². The molecule has 1 aromatic carbocycles. The molecular weight excluding hydrogens is 587 g/mol. The fourth-order valence-corrected chi connectivity index (χ4v) is 8.39. The molecule has 0 bridgehead atoms. The number of carbonyl (C=O) groups is 1. The van der Waals surface area contributed by atoms with Crippen LogP contribution in [0.3, 0.4) is 0 Å². The molecule has 240 valence electrons. The van der Waals surface area contributed by atoms with Crippen LogP contribution < -0.4 is 9.88 Å². The number of carbonyl (C=O) groups excluding carboxylic acids is 1. The number of esters is 1. The Labute approximate surface area is 260 Å². The fraction of sp³-hybridized carbons (Fsp3) is 0.656. The van der Waals surface area contributed by atoms with Crippen molar-refractivity contribution in [1.82, 2.24) is 0 Å². The molecule has 2 N–H and O–H groups in total. The zero-order valence-corrected chi connectivity index (χ0v) is 31.0. The zero-order valence-electron chi connectivity index (χ0n) is 28.4. The molecule has 10 heteroatoms. The van der Waals surface area contributed by atoms with Crippen LogP contribution in [0.2, 0.25) is 18.1 Å². The number of aryl methyl sites for hydroxylation is 2. The van der Waals surface area contributed by atoms with Crippen LogP contribution in [0.25, 0.3) is 0 Å². The molecule has 0 aliphatic carbocycles. The Bertz CT molecular complexity index is 1300. The van der Waals surface area contributed by atoms with Crippen LogP contribution in [0, 0.1) is 19.3 Å². The molecule has 0 amide bonds. The number of hydrogen-bond donors (Lipinski definition) is 1. The molecule has 0 aliphatic heterocycles. The lowest BCUT2D eigenvalue weighted by Gasteiger charge is -2.43. The lowest BCUT2D eigenvalue weighted by atomic mass is 9.74. The number of sulfonamides is 1. The fourth-order valence-electron chi connectivity index (χ4n) is 4.40. The molecule has 1 heterocycles. The quantitative estimate of drug-likeness (QED) is 0.208. The maximum absolute atomic E-state index is 12.1. The van der Waals surface area contributed by atoms with E-state index in [1.807, 2.05) is 13.0 Å². The maximum Gasteiger partial charge on any atom is 0.302 e. The second kappa shape index (κ2) is 14.4. The second-order valence-corrected chi connectivity index (χ2v) is 21.2. The normalized spacial score (nSPS) is 13.7. The highest BCUT2D eigenvalue weighted by molar-refractivity contribution is 7.91. The molecule has 0 saturated heterocycles. The standard InChI is InChI=1S/C29H49NO4S2Si.C3H6O2/c1-13-29(14-2,25-18-21(4)26(35-25)36(30,31)32)22-15-16-23(20(3)17-22)33-19-24(27(5,6)7)34-37(11,12)28(8,9)10;1-3(4)5-2/h15-18,24H,13-14,19H2,1-12H3,(H2,30,31,32);1-2H3. The third-order valence-corrected chi connectivity index (χ3v) is 15.9. The van der Waals surface area contributed by atoms with Gasteiger partial charge in [0.05, 0.1) is 13.2 Å². The van der Waals surface area contributed by atoms with E-state index < -0.39 is 18.3 Å². The summed E-state index contributed by atoms with van der Waals surface area (Å²) >= 11 is 1.29. The molecule has 0 saturated carbocycles. The first-order chi connectivity index (χ1) is 19.0. The van der Waals surface area contributed by atoms with Crippen molar-refractivity contribution in [1.29, 1.82) is 0 Å². The van der Waals surface area contributed by atoms with Gasteiger partial charge in [-0.15, -0.1) is 11.3 Å². The van der Waals surface area contributed by atoms with Gasteiger partial charge < -0.3 is 13.9 Å². The summed E-state index contributed by atoms with van der Waals surface area (Å²) in [5.41, 5.74) is 2.58. The van der Waals surface area contributed by atoms with E-state index in [2.05, 4.69) is 98.3 Å². The third-order valence-electron chi connectivity index (χ3n) is 8.42. The molecule has 1 atom stereocenters. The molecule has 0 spiro atoms. The Kier molecular flexibility index (Phi) is 13.1. The van der Waals surface area contributed by atoms with E-state index in [0.717, 1.165) is 34.6 Å². The second-order valence-electron chi connectivity index (χ2n) is 13.6. The molecule has 0 fully saturated rings. The van der Waals surface area contributed by atoms with Gasteiger partial charge in [0.15, 0.2) is 8.32 Å². The minimum absolute atomic E-state index is 0.0245. The highest BCUT2D eigenvalue weighted by atomic mass is 32.2. The first-order valence-electron chi connectivity index (χ1n) is 14.6. The van der Waals surface area contributed by atoms with Gasteiger partial charge in [0.25, 0.3) is 0 Å². The Balaban J connectivity index is 0.00000162. The molecule has 0 radical (unpaired) electrons. The highest BCUT2D eigenvalue weighted by Crippen LogP contribution is 2.45. The predicted molar refractivity (Wildman–Crippen MR) is 178 cm³/mol. The summed E-state index contributed by atoms with van der Waals surface area (Å²) in [5.74, 6) is 0.607. The molecule has 1 unspecified atom stereocenters. The van der Waals surface area contributed by atoms with Gasteiger partial charge in [-0.3, -0.25) is 4.79 Å². The monoisotopic (exact) mass is 641 g/mol. The lowest BCUT2D eigenvalue weighted by molar-refractivity contribution is -0.137. The first-order valence-corrected chi connectivity index (χ1v) is 19.8. The molecule has 7 nitrogen and oxygen atoms in total. The smallest absolute Gasteiger partial charge is 0.302 e. The summed E-state index contributed by atoms with van der Waals surface area (Å²) in [5, 5.41) is 5.61. The van der Waals surface area contributed by atoms with E-state index in [1.54, 1.807) is 0 Å². The van der Waals surface area contributed by atoms with Crippen LogP contribution in [-0.2, 0) is 29.4 Å². The van der Waals surface area contributed by atoms with Gasteiger partial charge in [-0.25, -0.2) is 13.6 Å². The zero-order chi connectivity index (χ0) is 32.9. The predicted octanol–water partition coefficient (Wildman–Crippen LogP) is 8.11. The minimum atomic E-state index is -3.75. The van der Waals surface area contributed by atoms with Crippen LogP contribution in [0.1, 0.15) is 96.7 Å². The van der Waals surface area contributed by atoms with Gasteiger partial charge >= 0.3 is 5.97 Å². The van der Waals surface area contributed by atoms with Crippen molar-refractivity contribution in [3.8, 4) is 5.75 Å². The van der Waals surface area contributed by atoms with E-state index in [-0.39, 0.29) is 32.2 Å². The van der Waals surface area contributed by atoms with Crippen molar-refractivity contribution < 1.29 is 27.1 Å². The SMILES string of the molecule is CCC(CC)(c1ccc(OCC(O[Si](C)(C)C(C)(C)C)C(C)(C)C)c(C)c1)c1cc(C)c(S(N)(=O)=O)s1.COC(C)=O. The van der Waals surface area contributed by atoms with Gasteiger partial charge in [-0.1, -0.05) is 67.5 Å². The summed E-state index contributed by atoms with van der Waals surface area (Å²) < 4.78 is 41.8. The van der Waals surface area contributed by atoms with Crippen LogP contribution in [0.5, 0.6) is 5.75 Å². The van der Waals surface area contributed by atoms with Crippen LogP contribution in [-0.4, -0.2) is 42.5 Å². The van der Waals surface area contributed by atoms with Crippen molar-refractivity contribution in [3.05, 3.63) is 45.8 Å². The van der Waals surface area contributed by atoms with Crippen molar-refractivity contribution in [3.63, 3.8) is 0 Å². The minimum Gasteiger partial charge on any atom is -0.491 e. The maximum atomic E-state index is 12.1. The Morgan fingerprint density at radius 1 is 1.00 bits per heavy atom. The molecule has 1 aromatic heterocycles. The molecule has 0 aliphatic rings. The largest absolute Gasteiger partial charge is 0.491 e. The number of methoxy groups -OCH3 is 1. The van der Waals surface area contributed by atoms with Crippen molar-refractivity contribution in [2.45, 2.75) is 123 Å². The van der Waals surface area contributed by atoms with E-state index >= 15 is 0 Å². The average Bonchev–Trinajstić information content (AvgIpc) is 3.25. The first kappa shape index (κ1) is 38.3. The van der Waals surface area contributed by atoms with Crippen LogP contribution in [0.4, 0.5) is 0 Å². The number of thiophene rings is 1. The van der Waals surface area contributed by atoms with Gasteiger partial charge in [0.1, 0.15) is 16.6 Å².